The number of benzene rings is 1. The van der Waals surface area contributed by atoms with Gasteiger partial charge < -0.3 is 0 Å². The van der Waals surface area contributed by atoms with Gasteiger partial charge in [-0.05, 0) is 24.5 Å². The molecule has 2 rings (SSSR count). The number of hydrogen-bond acceptors (Lipinski definition) is 4. The standard InChI is InChI=1S/C11H13FN2O4S/c1-2-7-6-9(7)13-19(17,18)10-5-3-4-8(12)11(10)14(15)16/h3-5,7,9,13H,2,6H2,1H3. The van der Waals surface area contributed by atoms with Gasteiger partial charge in [0.05, 0.1) is 4.92 Å². The Morgan fingerprint density at radius 1 is 1.53 bits per heavy atom. The first-order valence-corrected chi connectivity index (χ1v) is 7.30. The average Bonchev–Trinajstić information content (AvgIpc) is 3.05. The van der Waals surface area contributed by atoms with Crippen LogP contribution in [0.5, 0.6) is 0 Å². The number of nitrogens with zero attached hydrogens (tertiary/aromatic N) is 1. The van der Waals surface area contributed by atoms with Gasteiger partial charge in [0, 0.05) is 6.04 Å². The van der Waals surface area contributed by atoms with E-state index >= 15 is 0 Å². The Morgan fingerprint density at radius 3 is 2.74 bits per heavy atom. The highest BCUT2D eigenvalue weighted by Crippen LogP contribution is 2.35. The van der Waals surface area contributed by atoms with E-state index in [2.05, 4.69) is 4.72 Å². The first-order chi connectivity index (χ1) is 8.86. The van der Waals surface area contributed by atoms with Gasteiger partial charge in [0.1, 0.15) is 0 Å². The van der Waals surface area contributed by atoms with Crippen molar-refractivity contribution in [3.05, 3.63) is 34.1 Å². The molecule has 1 aromatic carbocycles. The predicted molar refractivity (Wildman–Crippen MR) is 65.6 cm³/mol. The summed E-state index contributed by atoms with van der Waals surface area (Å²) < 4.78 is 39.8. The molecule has 1 aromatic rings. The molecular weight excluding hydrogens is 275 g/mol. The van der Waals surface area contributed by atoms with Crippen LogP contribution in [0.25, 0.3) is 0 Å². The highest BCUT2D eigenvalue weighted by molar-refractivity contribution is 7.89. The van der Waals surface area contributed by atoms with Crippen molar-refractivity contribution in [2.45, 2.75) is 30.7 Å². The maximum absolute atomic E-state index is 13.4. The van der Waals surface area contributed by atoms with Gasteiger partial charge in [0.25, 0.3) is 0 Å². The zero-order valence-corrected chi connectivity index (χ0v) is 11.0. The molecule has 19 heavy (non-hydrogen) atoms. The summed E-state index contributed by atoms with van der Waals surface area (Å²) in [6.07, 6.45) is 1.54. The van der Waals surface area contributed by atoms with Crippen molar-refractivity contribution in [2.24, 2.45) is 5.92 Å². The lowest BCUT2D eigenvalue weighted by Crippen LogP contribution is -2.27. The molecule has 0 aromatic heterocycles. The van der Waals surface area contributed by atoms with Crippen LogP contribution >= 0.6 is 0 Å². The quantitative estimate of drug-likeness (QED) is 0.661. The lowest BCUT2D eigenvalue weighted by atomic mass is 10.3. The molecule has 6 nitrogen and oxygen atoms in total. The van der Waals surface area contributed by atoms with Gasteiger partial charge in [-0.2, -0.15) is 4.39 Å². The molecule has 0 spiro atoms. The van der Waals surface area contributed by atoms with Crippen molar-refractivity contribution >= 4 is 15.7 Å². The lowest BCUT2D eigenvalue weighted by Gasteiger charge is -2.07. The third kappa shape index (κ3) is 2.74. The summed E-state index contributed by atoms with van der Waals surface area (Å²) >= 11 is 0. The smallest absolute Gasteiger partial charge is 0.258 e. The molecule has 104 valence electrons. The minimum absolute atomic E-state index is 0.210. The van der Waals surface area contributed by atoms with Crippen LogP contribution in [0.3, 0.4) is 0 Å². The highest BCUT2D eigenvalue weighted by Gasteiger charge is 2.40. The Hall–Kier alpha value is -1.54. The molecule has 1 aliphatic rings. The van der Waals surface area contributed by atoms with E-state index in [-0.39, 0.29) is 12.0 Å². The summed E-state index contributed by atoms with van der Waals surface area (Å²) in [6, 6.07) is 2.83. The molecule has 1 saturated carbocycles. The van der Waals surface area contributed by atoms with E-state index in [1.807, 2.05) is 6.92 Å². The molecule has 1 fully saturated rings. The van der Waals surface area contributed by atoms with E-state index in [9.17, 15) is 22.9 Å². The number of nitro benzene ring substituents is 1. The van der Waals surface area contributed by atoms with Gasteiger partial charge in [-0.1, -0.05) is 19.4 Å². The number of hydrogen-bond donors (Lipinski definition) is 1. The van der Waals surface area contributed by atoms with Crippen molar-refractivity contribution in [1.29, 1.82) is 0 Å². The molecule has 0 aliphatic heterocycles. The van der Waals surface area contributed by atoms with Crippen molar-refractivity contribution in [2.75, 3.05) is 0 Å². The third-order valence-corrected chi connectivity index (χ3v) is 4.70. The molecular formula is C11H13FN2O4S. The number of halogens is 1. The van der Waals surface area contributed by atoms with Gasteiger partial charge in [-0.3, -0.25) is 10.1 Å². The van der Waals surface area contributed by atoms with Gasteiger partial charge in [-0.15, -0.1) is 0 Å². The molecule has 1 aliphatic carbocycles. The fourth-order valence-corrected chi connectivity index (χ4v) is 3.49. The minimum Gasteiger partial charge on any atom is -0.258 e. The van der Waals surface area contributed by atoms with E-state index in [1.165, 1.54) is 0 Å². The molecule has 0 heterocycles. The van der Waals surface area contributed by atoms with Gasteiger partial charge in [0.15, 0.2) is 4.90 Å². The van der Waals surface area contributed by atoms with Crippen molar-refractivity contribution in [3.8, 4) is 0 Å². The van der Waals surface area contributed by atoms with E-state index in [4.69, 9.17) is 0 Å². The average molecular weight is 288 g/mol. The number of nitrogens with one attached hydrogen (secondary N) is 1. The molecule has 1 N–H and O–H groups in total. The molecule has 0 amide bonds. The maximum atomic E-state index is 13.4. The SMILES string of the molecule is CCC1CC1NS(=O)(=O)c1cccc(F)c1[N+](=O)[O-]. The molecule has 8 heteroatoms. The monoisotopic (exact) mass is 288 g/mol. The van der Waals surface area contributed by atoms with Crippen LogP contribution in [0.2, 0.25) is 0 Å². The molecule has 0 radical (unpaired) electrons. The lowest BCUT2D eigenvalue weighted by molar-refractivity contribution is -0.390. The van der Waals surface area contributed by atoms with E-state index in [0.717, 1.165) is 24.6 Å². The highest BCUT2D eigenvalue weighted by atomic mass is 32.2. The van der Waals surface area contributed by atoms with Crippen molar-refractivity contribution in [3.63, 3.8) is 0 Å². The first-order valence-electron chi connectivity index (χ1n) is 5.82. The molecule has 2 unspecified atom stereocenters. The second-order valence-electron chi connectivity index (χ2n) is 4.48. The van der Waals surface area contributed by atoms with Crippen LogP contribution in [0.15, 0.2) is 23.1 Å². The van der Waals surface area contributed by atoms with Crippen molar-refractivity contribution in [1.82, 2.24) is 4.72 Å². The second-order valence-corrected chi connectivity index (χ2v) is 6.16. The van der Waals surface area contributed by atoms with Gasteiger partial charge in [0.2, 0.25) is 15.8 Å². The van der Waals surface area contributed by atoms with E-state index < -0.39 is 31.3 Å². The zero-order chi connectivity index (χ0) is 14.2. The Balaban J connectivity index is 2.36. The van der Waals surface area contributed by atoms with Crippen LogP contribution < -0.4 is 4.72 Å². The zero-order valence-electron chi connectivity index (χ0n) is 10.2. The topological polar surface area (TPSA) is 89.3 Å². The van der Waals surface area contributed by atoms with Crippen LogP contribution in [0, 0.1) is 21.8 Å². The number of para-hydroxylation sites is 1. The fraction of sp³-hybridized carbons (Fsp3) is 0.455. The summed E-state index contributed by atoms with van der Waals surface area (Å²) in [7, 11) is -4.07. The number of rotatable bonds is 5. The van der Waals surface area contributed by atoms with E-state index in [1.54, 1.807) is 0 Å². The van der Waals surface area contributed by atoms with Crippen LogP contribution in [0.1, 0.15) is 19.8 Å². The Labute approximate surface area is 109 Å². The summed E-state index contributed by atoms with van der Waals surface area (Å²) in [5, 5.41) is 10.8. The predicted octanol–water partition coefficient (Wildman–Crippen LogP) is 1.81. The Morgan fingerprint density at radius 2 is 2.21 bits per heavy atom. The summed E-state index contributed by atoms with van der Waals surface area (Å²) in [4.78, 5) is 9.14. The van der Waals surface area contributed by atoms with Crippen LogP contribution in [-0.4, -0.2) is 19.4 Å². The number of sulfonamides is 1. The first kappa shape index (κ1) is 13.9. The third-order valence-electron chi connectivity index (χ3n) is 3.18. The summed E-state index contributed by atoms with van der Waals surface area (Å²) in [5.41, 5.74) is -1.01. The van der Waals surface area contributed by atoms with Crippen LogP contribution in [-0.2, 0) is 10.0 Å². The fourth-order valence-electron chi connectivity index (χ4n) is 2.00. The Bertz CT molecular complexity index is 617. The Kier molecular flexibility index (Phi) is 3.55. The van der Waals surface area contributed by atoms with Crippen molar-refractivity contribution < 1.29 is 17.7 Å². The van der Waals surface area contributed by atoms with Gasteiger partial charge >= 0.3 is 5.69 Å². The maximum Gasteiger partial charge on any atom is 0.324 e. The second kappa shape index (κ2) is 4.86. The van der Waals surface area contributed by atoms with Crippen LogP contribution in [0.4, 0.5) is 10.1 Å². The molecule has 0 bridgehead atoms. The summed E-state index contributed by atoms with van der Waals surface area (Å²) in [6.45, 7) is 1.93. The molecule has 2 atom stereocenters. The van der Waals surface area contributed by atoms with Gasteiger partial charge in [-0.25, -0.2) is 13.1 Å². The van der Waals surface area contributed by atoms with E-state index in [0.29, 0.717) is 6.42 Å². The normalized spacial score (nSPS) is 22.2. The number of nitro groups is 1. The minimum atomic E-state index is -4.07. The molecule has 0 saturated heterocycles. The summed E-state index contributed by atoms with van der Waals surface area (Å²) in [5.74, 6) is -0.905. The largest absolute Gasteiger partial charge is 0.324 e.